The maximum atomic E-state index is 17.6. The number of aromatic nitrogens is 5. The molecule has 1 N–H and O–H groups in total. The predicted octanol–water partition coefficient (Wildman–Crippen LogP) is 7.64. The van der Waals surface area contributed by atoms with Gasteiger partial charge in [-0.3, -0.25) is 9.88 Å². The average molecular weight is 828 g/mol. The fourth-order valence-electron chi connectivity index (χ4n) is 8.79. The number of fused-ring (bicyclic) bond motifs is 3. The molecule has 12 nitrogen and oxygen atoms in total. The summed E-state index contributed by atoms with van der Waals surface area (Å²) in [5, 5.41) is 17.1. The molecule has 0 saturated carbocycles. The summed E-state index contributed by atoms with van der Waals surface area (Å²) in [6.07, 6.45) is 7.52. The van der Waals surface area contributed by atoms with Crippen LogP contribution < -0.4 is 9.64 Å². The van der Waals surface area contributed by atoms with E-state index < -0.39 is 31.9 Å². The van der Waals surface area contributed by atoms with Gasteiger partial charge >= 0.3 is 6.01 Å². The van der Waals surface area contributed by atoms with Gasteiger partial charge in [0.25, 0.3) is 0 Å². The van der Waals surface area contributed by atoms with Crippen LogP contribution >= 0.6 is 11.6 Å². The van der Waals surface area contributed by atoms with Crippen molar-refractivity contribution in [3.8, 4) is 17.3 Å². The van der Waals surface area contributed by atoms with E-state index in [1.807, 2.05) is 15.6 Å². The van der Waals surface area contributed by atoms with Crippen molar-refractivity contribution in [2.24, 2.45) is 0 Å². The number of halogens is 3. The summed E-state index contributed by atoms with van der Waals surface area (Å²) in [6, 6.07) is 1.89. The summed E-state index contributed by atoms with van der Waals surface area (Å²) in [4.78, 5) is 18.4. The molecule has 4 aliphatic rings. The number of alkyl halides is 1. The number of β-amino-alcohol motifs (C(OH)–C–C–N with tert-alkyl or cyclic N) is 1. The van der Waals surface area contributed by atoms with Crippen molar-refractivity contribution in [2.45, 2.75) is 114 Å². The summed E-state index contributed by atoms with van der Waals surface area (Å²) in [6.45, 7) is 14.8. The molecule has 4 saturated heterocycles. The number of hydrogen-bond donors (Lipinski definition) is 1. The standard InChI is InChI=1S/C41H56ClF2N7O5Si/c1-40(2,3)57(4,5)56-16-8-10-28-31(42)18-32-29(21-46-51(32)33-11-6-7-15-54-33)34(28)37-35(44)36-30(20-45-37)38(49-14-17-53-24-27(52)23-49)48-39(47-36)55-25-41-12-9-13-50(41)22-26(43)19-41/h18,20-21,26-27,33,52H,6-17,19,22-25H2,1-5H3/t26-,27+,33?,41+/m1/s1. The van der Waals surface area contributed by atoms with Crippen LogP contribution in [0.15, 0.2) is 18.5 Å². The average Bonchev–Trinajstić information content (AvgIpc) is 3.80. The van der Waals surface area contributed by atoms with Crippen molar-refractivity contribution in [1.29, 1.82) is 0 Å². The molecule has 1 unspecified atom stereocenters. The van der Waals surface area contributed by atoms with Crippen LogP contribution in [0, 0.1) is 5.82 Å². The molecule has 16 heteroatoms. The van der Waals surface area contributed by atoms with Crippen molar-refractivity contribution in [3.05, 3.63) is 34.9 Å². The van der Waals surface area contributed by atoms with Gasteiger partial charge in [0, 0.05) is 61.4 Å². The number of nitrogens with zero attached hydrogens (tertiary/aromatic N) is 7. The molecule has 7 heterocycles. The van der Waals surface area contributed by atoms with Gasteiger partial charge in [-0.25, -0.2) is 13.5 Å². The van der Waals surface area contributed by atoms with Gasteiger partial charge in [-0.05, 0) is 81.3 Å². The van der Waals surface area contributed by atoms with E-state index in [9.17, 15) is 9.50 Å². The molecule has 3 aromatic heterocycles. The van der Waals surface area contributed by atoms with Gasteiger partial charge in [0.15, 0.2) is 20.4 Å². The topological polar surface area (TPSA) is 120 Å². The lowest BCUT2D eigenvalue weighted by atomic mass is 9.95. The lowest BCUT2D eigenvalue weighted by Crippen LogP contribution is -2.43. The minimum atomic E-state index is -2.00. The maximum absolute atomic E-state index is 17.6. The lowest BCUT2D eigenvalue weighted by molar-refractivity contribution is -0.0366. The third-order valence-corrected chi connectivity index (χ3v) is 17.8. The van der Waals surface area contributed by atoms with E-state index in [-0.39, 0.29) is 48.2 Å². The van der Waals surface area contributed by atoms with Crippen LogP contribution in [0.4, 0.5) is 14.6 Å². The van der Waals surface area contributed by atoms with Crippen molar-refractivity contribution in [1.82, 2.24) is 29.6 Å². The monoisotopic (exact) mass is 827 g/mol. The number of ether oxygens (including phenoxy) is 3. The van der Waals surface area contributed by atoms with Crippen molar-refractivity contribution >= 4 is 47.5 Å². The van der Waals surface area contributed by atoms with Gasteiger partial charge in [-0.1, -0.05) is 32.4 Å². The Hall–Kier alpha value is -3.05. The summed E-state index contributed by atoms with van der Waals surface area (Å²) in [5.74, 6) is -0.267. The van der Waals surface area contributed by atoms with Gasteiger partial charge in [0.05, 0.1) is 42.0 Å². The molecule has 4 fully saturated rings. The van der Waals surface area contributed by atoms with Crippen LogP contribution in [0.5, 0.6) is 6.01 Å². The quantitative estimate of drug-likeness (QED) is 0.119. The van der Waals surface area contributed by atoms with Gasteiger partial charge < -0.3 is 28.6 Å². The van der Waals surface area contributed by atoms with E-state index in [0.29, 0.717) is 79.3 Å². The van der Waals surface area contributed by atoms with Crippen molar-refractivity contribution in [2.75, 3.05) is 64.1 Å². The number of rotatable bonds is 11. The minimum absolute atomic E-state index is 0.0155. The SMILES string of the molecule is CC(C)(C)[Si](C)(C)OCCCc1c(Cl)cc2c(cnn2C2CCCCO2)c1-c1ncc2c(N3CCOC[C@@H](O)C3)nc(OC[C@@]34CCCN3C[C@H](F)C4)nc2c1F. The van der Waals surface area contributed by atoms with Crippen LogP contribution in [-0.4, -0.2) is 120 Å². The molecule has 57 heavy (non-hydrogen) atoms. The number of benzene rings is 1. The number of aliphatic hydroxyl groups is 1. The van der Waals surface area contributed by atoms with Crippen LogP contribution in [0.1, 0.15) is 77.5 Å². The summed E-state index contributed by atoms with van der Waals surface area (Å²) >= 11 is 7.19. The van der Waals surface area contributed by atoms with E-state index >= 15 is 4.39 Å². The fraction of sp³-hybridized carbons (Fsp3) is 0.659. The number of aliphatic hydroxyl groups excluding tert-OH is 1. The Morgan fingerprint density at radius 1 is 1.09 bits per heavy atom. The zero-order chi connectivity index (χ0) is 40.1. The first kappa shape index (κ1) is 40.7. The molecule has 0 amide bonds. The highest BCUT2D eigenvalue weighted by molar-refractivity contribution is 6.74. The minimum Gasteiger partial charge on any atom is -0.461 e. The summed E-state index contributed by atoms with van der Waals surface area (Å²) < 4.78 is 58.8. The highest BCUT2D eigenvalue weighted by Crippen LogP contribution is 2.43. The van der Waals surface area contributed by atoms with E-state index in [4.69, 9.17) is 50.3 Å². The molecule has 0 radical (unpaired) electrons. The highest BCUT2D eigenvalue weighted by Gasteiger charge is 2.49. The maximum Gasteiger partial charge on any atom is 0.319 e. The second kappa shape index (κ2) is 16.2. The largest absolute Gasteiger partial charge is 0.461 e. The van der Waals surface area contributed by atoms with Crippen LogP contribution in [-0.2, 0) is 20.3 Å². The first-order chi connectivity index (χ1) is 27.2. The third-order valence-electron chi connectivity index (χ3n) is 12.9. The summed E-state index contributed by atoms with van der Waals surface area (Å²) in [5.41, 5.74) is 1.69. The molecule has 0 spiro atoms. The first-order valence-corrected chi connectivity index (χ1v) is 23.9. The molecule has 0 aliphatic carbocycles. The van der Waals surface area contributed by atoms with E-state index in [1.54, 1.807) is 12.4 Å². The molecule has 4 aliphatic heterocycles. The van der Waals surface area contributed by atoms with Crippen molar-refractivity contribution in [3.63, 3.8) is 0 Å². The van der Waals surface area contributed by atoms with Crippen LogP contribution in [0.2, 0.25) is 23.2 Å². The van der Waals surface area contributed by atoms with E-state index in [2.05, 4.69) is 38.8 Å². The fourth-order valence-corrected chi connectivity index (χ4v) is 10.2. The Labute approximate surface area is 339 Å². The molecule has 1 aromatic carbocycles. The molecule has 310 valence electrons. The number of hydrogen-bond acceptors (Lipinski definition) is 11. The molecule has 8 rings (SSSR count). The van der Waals surface area contributed by atoms with E-state index in [0.717, 1.165) is 49.7 Å². The number of pyridine rings is 1. The van der Waals surface area contributed by atoms with Gasteiger partial charge in [-0.15, -0.1) is 0 Å². The van der Waals surface area contributed by atoms with Crippen LogP contribution in [0.3, 0.4) is 0 Å². The Bertz CT molecular complexity index is 2100. The normalized spacial score (nSPS) is 25.1. The molecule has 4 aromatic rings. The molecule has 0 bridgehead atoms. The number of anilines is 1. The molecular weight excluding hydrogens is 772 g/mol. The van der Waals surface area contributed by atoms with E-state index in [1.165, 1.54) is 0 Å². The van der Waals surface area contributed by atoms with Crippen LogP contribution in [0.25, 0.3) is 33.1 Å². The second-order valence-electron chi connectivity index (χ2n) is 17.8. The van der Waals surface area contributed by atoms with Crippen molar-refractivity contribution < 1.29 is 32.5 Å². The summed E-state index contributed by atoms with van der Waals surface area (Å²) in [7, 11) is -2.00. The van der Waals surface area contributed by atoms with Gasteiger partial charge in [-0.2, -0.15) is 15.1 Å². The predicted molar refractivity (Wildman–Crippen MR) is 219 cm³/mol. The highest BCUT2D eigenvalue weighted by atomic mass is 35.5. The second-order valence-corrected chi connectivity index (χ2v) is 23.0. The zero-order valence-electron chi connectivity index (χ0n) is 33.8. The Morgan fingerprint density at radius 2 is 1.93 bits per heavy atom. The first-order valence-electron chi connectivity index (χ1n) is 20.6. The third kappa shape index (κ3) is 8.01. The smallest absolute Gasteiger partial charge is 0.319 e. The lowest BCUT2D eigenvalue weighted by Gasteiger charge is -2.36. The van der Waals surface area contributed by atoms with Gasteiger partial charge in [0.1, 0.15) is 29.8 Å². The Kier molecular flexibility index (Phi) is 11.6. The Morgan fingerprint density at radius 3 is 2.72 bits per heavy atom. The Balaban J connectivity index is 1.23. The zero-order valence-corrected chi connectivity index (χ0v) is 35.6. The molecular formula is C41H56ClF2N7O5Si. The molecule has 4 atom stereocenters. The van der Waals surface area contributed by atoms with Gasteiger partial charge in [0.2, 0.25) is 0 Å².